The van der Waals surface area contributed by atoms with Crippen molar-refractivity contribution >= 4 is 84.9 Å². The minimum atomic E-state index is -1.25. The van der Waals surface area contributed by atoms with E-state index >= 15 is 0 Å². The summed E-state index contributed by atoms with van der Waals surface area (Å²) in [5.74, 6) is -1.53. The zero-order chi connectivity index (χ0) is 31.7. The van der Waals surface area contributed by atoms with Crippen molar-refractivity contribution in [3.8, 4) is 5.75 Å². The summed E-state index contributed by atoms with van der Waals surface area (Å²) in [6.07, 6.45) is 5.26. The molecule has 2 atom stereocenters. The largest absolute Gasteiger partial charge is 0.497 e. The van der Waals surface area contributed by atoms with Gasteiger partial charge in [0.15, 0.2) is 16.3 Å². The molecular weight excluding hydrogens is 659 g/mol. The van der Waals surface area contributed by atoms with Gasteiger partial charge < -0.3 is 25.7 Å². The number of ether oxygens (including phenoxy) is 1. The first-order valence-electron chi connectivity index (χ1n) is 13.9. The number of hydrogen-bond acceptors (Lipinski definition) is 13. The molecule has 1 aliphatic carbocycles. The molecule has 16 heteroatoms. The quantitative estimate of drug-likeness (QED) is 0.122. The number of carbonyl (C=O) groups excluding carboxylic acids is 2. The number of anilines is 1. The molecule has 0 spiro atoms. The van der Waals surface area contributed by atoms with Gasteiger partial charge >= 0.3 is 5.97 Å². The van der Waals surface area contributed by atoms with Crippen LogP contribution in [0.15, 0.2) is 66.6 Å². The van der Waals surface area contributed by atoms with Crippen molar-refractivity contribution in [2.24, 2.45) is 5.16 Å². The lowest BCUT2D eigenvalue weighted by Gasteiger charge is -2.49. The highest BCUT2D eigenvalue weighted by Crippen LogP contribution is 2.41. The van der Waals surface area contributed by atoms with Gasteiger partial charge in [-0.3, -0.25) is 19.3 Å². The SMILES string of the molecule is COc1ccc2c(=O)cc(S/C=C/C3=C(C(=O)O)N4C(=O)C(NC(=O)/C(=N\OC5CCCC5)c5csc(N)n5)[C@H]4SC3)sc2c1. The maximum Gasteiger partial charge on any atom is 0.352 e. The molecule has 1 saturated carbocycles. The molecule has 0 bridgehead atoms. The van der Waals surface area contributed by atoms with Gasteiger partial charge in [0.25, 0.3) is 11.8 Å². The lowest BCUT2D eigenvalue weighted by Crippen LogP contribution is -2.71. The van der Waals surface area contributed by atoms with Crippen LogP contribution >= 0.6 is 46.2 Å². The minimum Gasteiger partial charge on any atom is -0.497 e. The molecule has 2 fully saturated rings. The van der Waals surface area contributed by atoms with Crippen LogP contribution in [-0.2, 0) is 19.2 Å². The van der Waals surface area contributed by atoms with Crippen LogP contribution in [0.1, 0.15) is 31.4 Å². The van der Waals surface area contributed by atoms with Crippen molar-refractivity contribution in [3.05, 3.63) is 68.3 Å². The predicted octanol–water partition coefficient (Wildman–Crippen LogP) is 4.02. The summed E-state index contributed by atoms with van der Waals surface area (Å²) in [7, 11) is 1.56. The molecule has 2 aliphatic heterocycles. The fourth-order valence-electron chi connectivity index (χ4n) is 5.18. The zero-order valence-corrected chi connectivity index (χ0v) is 27.0. The molecule has 2 aromatic heterocycles. The van der Waals surface area contributed by atoms with Crippen LogP contribution in [0, 0.1) is 0 Å². The highest BCUT2D eigenvalue weighted by atomic mass is 32.2. The van der Waals surface area contributed by atoms with Crippen molar-refractivity contribution in [2.45, 2.75) is 47.4 Å². The number of nitrogens with two attached hydrogens (primary N) is 1. The monoisotopic (exact) mass is 685 g/mol. The van der Waals surface area contributed by atoms with Crippen LogP contribution in [0.5, 0.6) is 5.75 Å². The summed E-state index contributed by atoms with van der Waals surface area (Å²) >= 11 is 5.18. The number of allylic oxidation sites excluding steroid dienone is 1. The number of amides is 2. The summed E-state index contributed by atoms with van der Waals surface area (Å²) in [6.45, 7) is 0. The van der Waals surface area contributed by atoms with Crippen LogP contribution in [0.2, 0.25) is 0 Å². The summed E-state index contributed by atoms with van der Waals surface area (Å²) < 4.78 is 6.76. The third-order valence-electron chi connectivity index (χ3n) is 7.43. The Morgan fingerprint density at radius 1 is 1.24 bits per heavy atom. The topological polar surface area (TPSA) is 174 Å². The second kappa shape index (κ2) is 13.2. The number of carboxylic acids is 1. The summed E-state index contributed by atoms with van der Waals surface area (Å²) in [6, 6.07) is 5.83. The van der Waals surface area contributed by atoms with Crippen LogP contribution < -0.4 is 21.2 Å². The molecule has 4 N–H and O–H groups in total. The zero-order valence-electron chi connectivity index (χ0n) is 23.8. The van der Waals surface area contributed by atoms with Gasteiger partial charge in [-0.15, -0.1) is 34.4 Å². The number of hydrogen-bond donors (Lipinski definition) is 3. The first-order valence-corrected chi connectivity index (χ1v) is 17.5. The number of carboxylic acid groups (broad SMARTS) is 1. The van der Waals surface area contributed by atoms with E-state index in [1.54, 1.807) is 42.2 Å². The van der Waals surface area contributed by atoms with Gasteiger partial charge in [0.1, 0.15) is 34.7 Å². The maximum absolute atomic E-state index is 13.3. The summed E-state index contributed by atoms with van der Waals surface area (Å²) in [5.41, 5.74) is 6.09. The molecule has 45 heavy (non-hydrogen) atoms. The molecule has 1 saturated heterocycles. The Hall–Kier alpha value is -3.86. The van der Waals surface area contributed by atoms with Crippen molar-refractivity contribution in [1.29, 1.82) is 0 Å². The number of oxime groups is 1. The van der Waals surface area contributed by atoms with E-state index in [9.17, 15) is 24.3 Å². The van der Waals surface area contributed by atoms with E-state index in [0.717, 1.165) is 45.9 Å². The highest BCUT2D eigenvalue weighted by Gasteiger charge is 2.54. The average molecular weight is 686 g/mol. The van der Waals surface area contributed by atoms with Gasteiger partial charge in [-0.1, -0.05) is 16.9 Å². The third kappa shape index (κ3) is 6.45. The molecule has 1 aromatic carbocycles. The molecule has 2 amide bonds. The molecule has 4 heterocycles. The minimum absolute atomic E-state index is 0.0917. The van der Waals surface area contributed by atoms with E-state index in [4.69, 9.17) is 15.3 Å². The molecular formula is C29H27N5O7S4. The first kappa shape index (κ1) is 31.1. The lowest BCUT2D eigenvalue weighted by atomic mass is 10.0. The van der Waals surface area contributed by atoms with E-state index in [1.807, 2.05) is 0 Å². The summed E-state index contributed by atoms with van der Waals surface area (Å²) in [5, 5.41) is 20.4. The second-order valence-electron chi connectivity index (χ2n) is 10.3. The van der Waals surface area contributed by atoms with Crippen LogP contribution in [0.4, 0.5) is 5.13 Å². The number of methoxy groups -OCH3 is 1. The number of nitrogen functional groups attached to an aromatic ring is 1. The van der Waals surface area contributed by atoms with Crippen LogP contribution in [0.25, 0.3) is 10.1 Å². The average Bonchev–Trinajstić information content (AvgIpc) is 3.71. The fraction of sp³-hybridized carbons (Fsp3) is 0.310. The molecule has 1 unspecified atom stereocenters. The fourth-order valence-corrected chi connectivity index (χ4v) is 9.06. The number of benzene rings is 1. The number of β-lactam (4-membered cyclic amide) rings is 1. The molecule has 3 aliphatic rings. The molecule has 3 aromatic rings. The van der Waals surface area contributed by atoms with E-state index in [-0.39, 0.29) is 33.8 Å². The number of nitrogens with one attached hydrogen (secondary N) is 1. The van der Waals surface area contributed by atoms with E-state index in [1.165, 1.54) is 45.8 Å². The lowest BCUT2D eigenvalue weighted by molar-refractivity contribution is -0.150. The Morgan fingerprint density at radius 3 is 2.76 bits per heavy atom. The standard InChI is InChI=1S/C29H27N5O7S4/c1-40-16-6-7-17-19(35)11-21(45-20(17)10-16)42-9-8-14-12-43-27-23(26(37)34(27)24(14)28(38)39)32-25(36)22(18-13-44-29(30)31-18)33-41-15-4-2-3-5-15/h6-11,13,15,23,27H,2-5,12H2,1H3,(H2,30,31)(H,32,36)(H,38,39)/b9-8+,33-22-/t23?,27-/m1/s1. The van der Waals surface area contributed by atoms with Crippen LogP contribution in [-0.4, -0.2) is 68.9 Å². The highest BCUT2D eigenvalue weighted by molar-refractivity contribution is 8.04. The van der Waals surface area contributed by atoms with Gasteiger partial charge in [-0.25, -0.2) is 9.78 Å². The van der Waals surface area contributed by atoms with Crippen molar-refractivity contribution in [3.63, 3.8) is 0 Å². The van der Waals surface area contributed by atoms with Gasteiger partial charge in [0.2, 0.25) is 0 Å². The normalized spacial score (nSPS) is 20.4. The maximum atomic E-state index is 13.3. The van der Waals surface area contributed by atoms with E-state index in [0.29, 0.717) is 22.5 Å². The number of nitrogens with zero attached hydrogens (tertiary/aromatic N) is 3. The first-order chi connectivity index (χ1) is 21.7. The number of aromatic nitrogens is 1. The Bertz CT molecular complexity index is 1830. The van der Waals surface area contributed by atoms with Gasteiger partial charge in [0, 0.05) is 27.3 Å². The van der Waals surface area contributed by atoms with Gasteiger partial charge in [-0.05, 0) is 60.9 Å². The number of aliphatic carboxylic acids is 1. The van der Waals surface area contributed by atoms with Crippen molar-refractivity contribution in [1.82, 2.24) is 15.2 Å². The Morgan fingerprint density at radius 2 is 2.04 bits per heavy atom. The third-order valence-corrected chi connectivity index (χ3v) is 11.4. The number of rotatable bonds is 10. The Balaban J connectivity index is 1.17. The van der Waals surface area contributed by atoms with E-state index < -0.39 is 29.2 Å². The smallest absolute Gasteiger partial charge is 0.352 e. The Labute approximate surface area is 273 Å². The molecule has 12 nitrogen and oxygen atoms in total. The number of fused-ring (bicyclic) bond motifs is 2. The molecule has 6 rings (SSSR count). The molecule has 234 valence electrons. The molecule has 0 radical (unpaired) electrons. The number of thioether (sulfide) groups is 2. The second-order valence-corrected chi connectivity index (χ2v) is 14.6. The number of carbonyl (C=O) groups is 3. The van der Waals surface area contributed by atoms with Gasteiger partial charge in [0.05, 0.1) is 11.3 Å². The van der Waals surface area contributed by atoms with Gasteiger partial charge in [-0.2, -0.15) is 0 Å². The van der Waals surface area contributed by atoms with Crippen molar-refractivity contribution < 1.29 is 29.1 Å². The summed E-state index contributed by atoms with van der Waals surface area (Å²) in [4.78, 5) is 62.5. The Kier molecular flexibility index (Phi) is 9.16. The predicted molar refractivity (Wildman–Crippen MR) is 176 cm³/mol. The van der Waals surface area contributed by atoms with E-state index in [2.05, 4.69) is 15.5 Å². The number of thiazole rings is 1. The van der Waals surface area contributed by atoms with Crippen LogP contribution in [0.3, 0.4) is 0 Å². The van der Waals surface area contributed by atoms with Crippen molar-refractivity contribution in [2.75, 3.05) is 18.6 Å².